The topological polar surface area (TPSA) is 71.4 Å². The highest BCUT2D eigenvalue weighted by Gasteiger charge is 2.27. The molecule has 4 nitrogen and oxygen atoms in total. The van der Waals surface area contributed by atoms with Gasteiger partial charge in [-0.15, -0.1) is 0 Å². The number of hydrogen-bond acceptors (Lipinski definition) is 3. The van der Waals surface area contributed by atoms with Crippen molar-refractivity contribution in [2.75, 3.05) is 5.75 Å². The summed E-state index contributed by atoms with van der Waals surface area (Å²) in [6.07, 6.45) is 5.82. The first kappa shape index (κ1) is 20.7. The molecule has 24 heavy (non-hydrogen) atoms. The van der Waals surface area contributed by atoms with E-state index in [0.29, 0.717) is 0 Å². The maximum Gasteiger partial charge on any atom is 0.307 e. The number of carbonyl (C=O) groups is 1. The molecule has 0 bridgehead atoms. The van der Waals surface area contributed by atoms with Crippen LogP contribution < -0.4 is 0 Å². The van der Waals surface area contributed by atoms with Crippen LogP contribution in [0.25, 0.3) is 0 Å². The van der Waals surface area contributed by atoms with Gasteiger partial charge >= 0.3 is 5.97 Å². The minimum atomic E-state index is -3.00. The smallest absolute Gasteiger partial charge is 0.307 e. The molecule has 0 amide bonds. The zero-order valence-corrected chi connectivity index (χ0v) is 15.9. The molecule has 0 radical (unpaired) electrons. The molecule has 1 aromatic carbocycles. The fourth-order valence-electron chi connectivity index (χ4n) is 2.53. The zero-order chi connectivity index (χ0) is 18.2. The van der Waals surface area contributed by atoms with Crippen molar-refractivity contribution >= 4 is 15.8 Å². The number of aliphatic carboxylic acids is 1. The van der Waals surface area contributed by atoms with E-state index in [2.05, 4.69) is 0 Å². The van der Waals surface area contributed by atoms with Gasteiger partial charge in [-0.3, -0.25) is 4.79 Å². The lowest BCUT2D eigenvalue weighted by atomic mass is 10.0. The van der Waals surface area contributed by atoms with E-state index in [4.69, 9.17) is 5.11 Å². The van der Waals surface area contributed by atoms with Gasteiger partial charge in [0.15, 0.2) is 9.84 Å². The van der Waals surface area contributed by atoms with E-state index in [9.17, 15) is 13.2 Å². The third kappa shape index (κ3) is 7.47. The van der Waals surface area contributed by atoms with Crippen LogP contribution in [-0.2, 0) is 27.5 Å². The number of carboxylic acid groups (broad SMARTS) is 1. The van der Waals surface area contributed by atoms with Gasteiger partial charge in [-0.2, -0.15) is 0 Å². The van der Waals surface area contributed by atoms with E-state index >= 15 is 0 Å². The summed E-state index contributed by atoms with van der Waals surface area (Å²) in [6.45, 7) is 5.25. The van der Waals surface area contributed by atoms with Gasteiger partial charge in [0.2, 0.25) is 0 Å². The quantitative estimate of drug-likeness (QED) is 0.644. The molecule has 0 saturated carbocycles. The number of aryl methyl sites for hydroxylation is 1. The standard InChI is InChI=1S/C19H30O4S/c1-19(2,3)24(22,23)13-8-6-4-5-7-10-16-11-9-12-17(14-16)15-18(20)21/h9,11-12,14H,4-8,10,13,15H2,1-3H3,(H,20,21). The fraction of sp³-hybridized carbons (Fsp3) is 0.632. The summed E-state index contributed by atoms with van der Waals surface area (Å²) in [5.74, 6) is -0.536. The van der Waals surface area contributed by atoms with Crippen LogP contribution in [0.2, 0.25) is 0 Å². The van der Waals surface area contributed by atoms with Crippen LogP contribution in [-0.4, -0.2) is 30.0 Å². The minimum absolute atomic E-state index is 0.0656. The van der Waals surface area contributed by atoms with E-state index in [1.165, 1.54) is 5.56 Å². The van der Waals surface area contributed by atoms with Gasteiger partial charge in [-0.05, 0) is 51.2 Å². The maximum absolute atomic E-state index is 12.0. The Kier molecular flexibility index (Phi) is 7.94. The molecule has 0 aliphatic carbocycles. The average molecular weight is 355 g/mol. The molecule has 0 aromatic heterocycles. The van der Waals surface area contributed by atoms with Crippen LogP contribution in [0.3, 0.4) is 0 Å². The Balaban J connectivity index is 2.22. The molecule has 0 aliphatic rings. The van der Waals surface area contributed by atoms with Crippen LogP contribution in [0.15, 0.2) is 24.3 Å². The van der Waals surface area contributed by atoms with Crippen molar-refractivity contribution in [3.8, 4) is 0 Å². The highest BCUT2D eigenvalue weighted by atomic mass is 32.2. The molecule has 5 heteroatoms. The maximum atomic E-state index is 12.0. The lowest BCUT2D eigenvalue weighted by molar-refractivity contribution is -0.136. The first-order valence-corrected chi connectivity index (χ1v) is 10.3. The number of rotatable bonds is 10. The van der Waals surface area contributed by atoms with Gasteiger partial charge in [-0.1, -0.05) is 43.5 Å². The van der Waals surface area contributed by atoms with E-state index in [1.807, 2.05) is 24.3 Å². The second-order valence-electron chi connectivity index (χ2n) is 7.34. The number of unbranched alkanes of at least 4 members (excludes halogenated alkanes) is 4. The summed E-state index contributed by atoms with van der Waals surface area (Å²) < 4.78 is 23.3. The third-order valence-electron chi connectivity index (χ3n) is 4.16. The van der Waals surface area contributed by atoms with E-state index in [-0.39, 0.29) is 12.2 Å². The lowest BCUT2D eigenvalue weighted by Gasteiger charge is -2.18. The van der Waals surface area contributed by atoms with Crippen molar-refractivity contribution in [2.24, 2.45) is 0 Å². The highest BCUT2D eigenvalue weighted by molar-refractivity contribution is 7.92. The number of hydrogen-bond donors (Lipinski definition) is 1. The Morgan fingerprint density at radius 1 is 1.00 bits per heavy atom. The summed E-state index contributed by atoms with van der Waals surface area (Å²) in [6, 6.07) is 7.74. The zero-order valence-electron chi connectivity index (χ0n) is 15.0. The normalized spacial score (nSPS) is 12.3. The lowest BCUT2D eigenvalue weighted by Crippen LogP contribution is -2.30. The Morgan fingerprint density at radius 2 is 1.58 bits per heavy atom. The summed E-state index contributed by atoms with van der Waals surface area (Å²) >= 11 is 0. The van der Waals surface area contributed by atoms with Gasteiger partial charge in [0.25, 0.3) is 0 Å². The van der Waals surface area contributed by atoms with Crippen LogP contribution >= 0.6 is 0 Å². The molecular formula is C19H30O4S. The van der Waals surface area contributed by atoms with Gasteiger partial charge < -0.3 is 5.11 Å². The van der Waals surface area contributed by atoms with Gasteiger partial charge in [0, 0.05) is 0 Å². The predicted octanol–water partition coefficient (Wildman–Crippen LogP) is 4.02. The summed E-state index contributed by atoms with van der Waals surface area (Å²) in [5, 5.41) is 8.82. The molecule has 0 fully saturated rings. The Labute approximate surface area is 146 Å². The van der Waals surface area contributed by atoms with Gasteiger partial charge in [0.05, 0.1) is 16.9 Å². The van der Waals surface area contributed by atoms with Gasteiger partial charge in [-0.25, -0.2) is 8.42 Å². The van der Waals surface area contributed by atoms with Crippen molar-refractivity contribution in [2.45, 2.75) is 70.5 Å². The fourth-order valence-corrected chi connectivity index (χ4v) is 3.72. The molecule has 136 valence electrons. The molecule has 0 spiro atoms. The molecule has 1 N–H and O–H groups in total. The predicted molar refractivity (Wildman–Crippen MR) is 98.1 cm³/mol. The second-order valence-corrected chi connectivity index (χ2v) is 10.2. The largest absolute Gasteiger partial charge is 0.481 e. The molecule has 0 unspecified atom stereocenters. The summed E-state index contributed by atoms with van der Waals surface area (Å²) in [5.41, 5.74) is 2.01. The number of sulfone groups is 1. The van der Waals surface area contributed by atoms with Crippen molar-refractivity contribution < 1.29 is 18.3 Å². The van der Waals surface area contributed by atoms with E-state index < -0.39 is 20.6 Å². The van der Waals surface area contributed by atoms with Crippen LogP contribution in [0.5, 0.6) is 0 Å². The van der Waals surface area contributed by atoms with Crippen molar-refractivity contribution in [3.05, 3.63) is 35.4 Å². The van der Waals surface area contributed by atoms with Crippen molar-refractivity contribution in [3.63, 3.8) is 0 Å². The van der Waals surface area contributed by atoms with E-state index in [1.54, 1.807) is 20.8 Å². The molecule has 1 aromatic rings. The SMILES string of the molecule is CC(C)(C)S(=O)(=O)CCCCCCCc1cccc(CC(=O)O)c1. The number of carboxylic acids is 1. The molecule has 0 atom stereocenters. The molecule has 0 heterocycles. The van der Waals surface area contributed by atoms with E-state index in [0.717, 1.165) is 44.1 Å². The van der Waals surface area contributed by atoms with Crippen molar-refractivity contribution in [1.29, 1.82) is 0 Å². The van der Waals surface area contributed by atoms with Crippen LogP contribution in [0.1, 0.15) is 64.0 Å². The first-order chi connectivity index (χ1) is 11.1. The minimum Gasteiger partial charge on any atom is -0.481 e. The van der Waals surface area contributed by atoms with Gasteiger partial charge in [0.1, 0.15) is 0 Å². The molecule has 0 aliphatic heterocycles. The first-order valence-electron chi connectivity index (χ1n) is 8.64. The Bertz CT molecular complexity index is 627. The summed E-state index contributed by atoms with van der Waals surface area (Å²) in [4.78, 5) is 10.7. The second kappa shape index (κ2) is 9.21. The average Bonchev–Trinajstić information content (AvgIpc) is 2.44. The molecule has 0 saturated heterocycles. The highest BCUT2D eigenvalue weighted by Crippen LogP contribution is 2.18. The number of benzene rings is 1. The van der Waals surface area contributed by atoms with Crippen LogP contribution in [0, 0.1) is 0 Å². The molecule has 1 rings (SSSR count). The Morgan fingerprint density at radius 3 is 2.21 bits per heavy atom. The van der Waals surface area contributed by atoms with Crippen molar-refractivity contribution in [1.82, 2.24) is 0 Å². The Hall–Kier alpha value is -1.36. The van der Waals surface area contributed by atoms with Crippen LogP contribution in [0.4, 0.5) is 0 Å². The molecular weight excluding hydrogens is 324 g/mol. The monoisotopic (exact) mass is 354 g/mol. The third-order valence-corrected chi connectivity index (χ3v) is 6.85. The summed E-state index contributed by atoms with van der Waals surface area (Å²) in [7, 11) is -3.00.